The molecule has 2 aromatic carbocycles. The molecular formula is C23H26N2O6S. The van der Waals surface area contributed by atoms with Crippen molar-refractivity contribution in [2.24, 2.45) is 0 Å². The molecule has 170 valence electrons. The van der Waals surface area contributed by atoms with Gasteiger partial charge in [-0.3, -0.25) is 4.79 Å². The van der Waals surface area contributed by atoms with Gasteiger partial charge in [0.05, 0.1) is 36.9 Å². The van der Waals surface area contributed by atoms with E-state index in [9.17, 15) is 13.2 Å². The molecule has 0 bridgehead atoms. The van der Waals surface area contributed by atoms with Crippen molar-refractivity contribution < 1.29 is 27.1 Å². The van der Waals surface area contributed by atoms with E-state index < -0.39 is 10.0 Å². The van der Waals surface area contributed by atoms with Gasteiger partial charge >= 0.3 is 0 Å². The smallest absolute Gasteiger partial charge is 0.243 e. The molecule has 2 heterocycles. The van der Waals surface area contributed by atoms with Gasteiger partial charge in [0.15, 0.2) is 0 Å². The molecule has 0 radical (unpaired) electrons. The molecule has 1 saturated heterocycles. The lowest BCUT2D eigenvalue weighted by Crippen LogP contribution is -2.48. The van der Waals surface area contributed by atoms with E-state index >= 15 is 0 Å². The van der Waals surface area contributed by atoms with E-state index in [-0.39, 0.29) is 29.4 Å². The number of carbonyl (C=O) groups is 1. The van der Waals surface area contributed by atoms with Crippen molar-refractivity contribution in [3.05, 3.63) is 54.3 Å². The van der Waals surface area contributed by atoms with Crippen LogP contribution in [0, 0.1) is 0 Å². The average Bonchev–Trinajstić information content (AvgIpc) is 3.15. The van der Waals surface area contributed by atoms with Crippen LogP contribution in [-0.2, 0) is 26.0 Å². The van der Waals surface area contributed by atoms with Crippen molar-refractivity contribution in [1.82, 2.24) is 4.31 Å². The van der Waals surface area contributed by atoms with Gasteiger partial charge in [0.25, 0.3) is 0 Å². The standard InChI is InChI=1S/C23H26N2O6S/c1-15-12-25(13-16(2)31-15)32(27,28)20-7-4-18(5-8-20)24-23(26)10-17-14-30-22-11-19(29-3)6-9-21(17)22/h4-9,11,14-16H,10,12-13H2,1-3H3,(H,24,26)/t15-,16-/m0/s1. The Morgan fingerprint density at radius 2 is 1.81 bits per heavy atom. The van der Waals surface area contributed by atoms with Gasteiger partial charge in [-0.1, -0.05) is 0 Å². The molecule has 32 heavy (non-hydrogen) atoms. The van der Waals surface area contributed by atoms with Crippen LogP contribution in [0.1, 0.15) is 19.4 Å². The molecule has 9 heteroatoms. The fraction of sp³-hybridized carbons (Fsp3) is 0.348. The van der Waals surface area contributed by atoms with Crippen LogP contribution in [0.4, 0.5) is 5.69 Å². The Morgan fingerprint density at radius 1 is 1.12 bits per heavy atom. The number of carbonyl (C=O) groups excluding carboxylic acids is 1. The summed E-state index contributed by atoms with van der Waals surface area (Å²) in [5, 5.41) is 3.65. The number of methoxy groups -OCH3 is 1. The first-order valence-corrected chi connectivity index (χ1v) is 11.8. The lowest BCUT2D eigenvalue weighted by atomic mass is 10.1. The van der Waals surface area contributed by atoms with Crippen molar-refractivity contribution >= 4 is 32.6 Å². The van der Waals surface area contributed by atoms with Gasteiger partial charge in [0, 0.05) is 35.8 Å². The molecule has 1 amide bonds. The minimum Gasteiger partial charge on any atom is -0.497 e. The highest BCUT2D eigenvalue weighted by Crippen LogP contribution is 2.26. The lowest BCUT2D eigenvalue weighted by molar-refractivity contribution is -0.115. The summed E-state index contributed by atoms with van der Waals surface area (Å²) >= 11 is 0. The Hall–Kier alpha value is -2.88. The van der Waals surface area contributed by atoms with Crippen LogP contribution in [0.5, 0.6) is 5.75 Å². The Balaban J connectivity index is 1.43. The average molecular weight is 459 g/mol. The molecule has 0 saturated carbocycles. The second-order valence-electron chi connectivity index (χ2n) is 7.95. The molecule has 0 aliphatic carbocycles. The monoisotopic (exact) mass is 458 g/mol. The predicted octanol–water partition coefficient (Wildman–Crippen LogP) is 3.42. The molecule has 1 fully saturated rings. The van der Waals surface area contributed by atoms with Gasteiger partial charge in [-0.2, -0.15) is 4.31 Å². The normalized spacial score (nSPS) is 19.7. The molecule has 8 nitrogen and oxygen atoms in total. The van der Waals surface area contributed by atoms with E-state index in [1.54, 1.807) is 31.6 Å². The number of rotatable bonds is 6. The predicted molar refractivity (Wildman–Crippen MR) is 120 cm³/mol. The van der Waals surface area contributed by atoms with Gasteiger partial charge in [-0.15, -0.1) is 0 Å². The SMILES string of the molecule is COc1ccc2c(CC(=O)Nc3ccc(S(=O)(=O)N4C[C@H](C)O[C@@H](C)C4)cc3)coc2c1. The molecular weight excluding hydrogens is 432 g/mol. The maximum Gasteiger partial charge on any atom is 0.243 e. The summed E-state index contributed by atoms with van der Waals surface area (Å²) in [5.41, 5.74) is 1.93. The summed E-state index contributed by atoms with van der Waals surface area (Å²) in [7, 11) is -2.05. The van der Waals surface area contributed by atoms with E-state index in [0.29, 0.717) is 30.1 Å². The molecule has 1 aliphatic rings. The van der Waals surface area contributed by atoms with Gasteiger partial charge in [0.1, 0.15) is 11.3 Å². The zero-order valence-electron chi connectivity index (χ0n) is 18.2. The number of hydrogen-bond donors (Lipinski definition) is 1. The van der Waals surface area contributed by atoms with Gasteiger partial charge in [-0.05, 0) is 50.2 Å². The zero-order valence-corrected chi connectivity index (χ0v) is 19.0. The Morgan fingerprint density at radius 3 is 2.47 bits per heavy atom. The highest BCUT2D eigenvalue weighted by atomic mass is 32.2. The summed E-state index contributed by atoms with van der Waals surface area (Å²) in [5.74, 6) is 0.453. The number of anilines is 1. The summed E-state index contributed by atoms with van der Waals surface area (Å²) in [6, 6.07) is 11.6. The van der Waals surface area contributed by atoms with Crippen molar-refractivity contribution in [1.29, 1.82) is 0 Å². The number of sulfonamides is 1. The van der Waals surface area contributed by atoms with Crippen LogP contribution in [0.25, 0.3) is 11.0 Å². The van der Waals surface area contributed by atoms with Crippen molar-refractivity contribution in [3.63, 3.8) is 0 Å². The number of morpholine rings is 1. The number of nitrogens with one attached hydrogen (secondary N) is 1. The quantitative estimate of drug-likeness (QED) is 0.608. The lowest BCUT2D eigenvalue weighted by Gasteiger charge is -2.34. The molecule has 1 aromatic heterocycles. The van der Waals surface area contributed by atoms with E-state index in [1.165, 1.54) is 16.4 Å². The Bertz CT molecular complexity index is 1210. The maximum atomic E-state index is 13.0. The summed E-state index contributed by atoms with van der Waals surface area (Å²) in [4.78, 5) is 12.7. The third kappa shape index (κ3) is 4.64. The Labute approximate surface area is 187 Å². The van der Waals surface area contributed by atoms with E-state index in [0.717, 1.165) is 10.9 Å². The highest BCUT2D eigenvalue weighted by Gasteiger charge is 2.32. The van der Waals surface area contributed by atoms with Crippen LogP contribution < -0.4 is 10.1 Å². The number of benzene rings is 2. The summed E-state index contributed by atoms with van der Waals surface area (Å²) < 4.78 is 43.7. The zero-order chi connectivity index (χ0) is 22.9. The van der Waals surface area contributed by atoms with Crippen molar-refractivity contribution in [3.8, 4) is 5.75 Å². The van der Waals surface area contributed by atoms with Gasteiger partial charge < -0.3 is 19.2 Å². The minimum absolute atomic E-state index is 0.128. The number of ether oxygens (including phenoxy) is 2. The van der Waals surface area contributed by atoms with Crippen molar-refractivity contribution in [2.45, 2.75) is 37.4 Å². The van der Waals surface area contributed by atoms with Crippen LogP contribution in [0.15, 0.2) is 58.0 Å². The molecule has 0 unspecified atom stereocenters. The third-order valence-corrected chi connectivity index (χ3v) is 7.22. The number of amides is 1. The number of fused-ring (bicyclic) bond motifs is 1. The van der Waals surface area contributed by atoms with Crippen LogP contribution in [0.3, 0.4) is 0 Å². The molecule has 2 atom stereocenters. The molecule has 0 spiro atoms. The first-order chi connectivity index (χ1) is 15.3. The summed E-state index contributed by atoms with van der Waals surface area (Å²) in [6.45, 7) is 4.35. The largest absolute Gasteiger partial charge is 0.497 e. The van der Waals surface area contributed by atoms with Gasteiger partial charge in [0.2, 0.25) is 15.9 Å². The fourth-order valence-corrected chi connectivity index (χ4v) is 5.48. The number of furan rings is 1. The fourth-order valence-electron chi connectivity index (χ4n) is 3.89. The van der Waals surface area contributed by atoms with Crippen LogP contribution in [-0.4, -0.2) is 51.0 Å². The number of hydrogen-bond acceptors (Lipinski definition) is 6. The second-order valence-corrected chi connectivity index (χ2v) is 9.89. The molecule has 1 N–H and O–H groups in total. The second kappa shape index (κ2) is 8.93. The van der Waals surface area contributed by atoms with E-state index in [4.69, 9.17) is 13.9 Å². The van der Waals surface area contributed by atoms with Crippen LogP contribution >= 0.6 is 0 Å². The Kier molecular flexibility index (Phi) is 6.23. The third-order valence-electron chi connectivity index (χ3n) is 5.38. The maximum absolute atomic E-state index is 13.0. The van der Waals surface area contributed by atoms with Crippen LogP contribution in [0.2, 0.25) is 0 Å². The molecule has 1 aliphatic heterocycles. The van der Waals surface area contributed by atoms with Crippen molar-refractivity contribution in [2.75, 3.05) is 25.5 Å². The first-order valence-electron chi connectivity index (χ1n) is 10.4. The minimum atomic E-state index is -3.63. The highest BCUT2D eigenvalue weighted by molar-refractivity contribution is 7.89. The van der Waals surface area contributed by atoms with E-state index in [1.807, 2.05) is 26.0 Å². The van der Waals surface area contributed by atoms with Gasteiger partial charge in [-0.25, -0.2) is 8.42 Å². The molecule has 3 aromatic rings. The van der Waals surface area contributed by atoms with E-state index in [2.05, 4.69) is 5.32 Å². The number of nitrogens with zero attached hydrogens (tertiary/aromatic N) is 1. The topological polar surface area (TPSA) is 98.1 Å². The molecule has 4 rings (SSSR count). The first kappa shape index (κ1) is 22.3. The summed E-state index contributed by atoms with van der Waals surface area (Å²) in [6.07, 6.45) is 1.37.